The van der Waals surface area contributed by atoms with Crippen LogP contribution in [0.15, 0.2) is 53.8 Å². The molecular formula is C19H20F2N6. The lowest BCUT2D eigenvalue weighted by atomic mass is 10.1. The van der Waals surface area contributed by atoms with Crippen LogP contribution in [0.25, 0.3) is 11.4 Å². The topological polar surface area (TPSA) is 78.0 Å². The van der Waals surface area contributed by atoms with Crippen molar-refractivity contribution in [3.63, 3.8) is 0 Å². The van der Waals surface area contributed by atoms with Crippen LogP contribution < -0.4 is 10.6 Å². The molecular weight excluding hydrogens is 350 g/mol. The van der Waals surface area contributed by atoms with Gasteiger partial charge in [-0.1, -0.05) is 24.3 Å². The van der Waals surface area contributed by atoms with Crippen LogP contribution in [0, 0.1) is 11.6 Å². The van der Waals surface area contributed by atoms with Crippen LogP contribution in [0.3, 0.4) is 0 Å². The maximum Gasteiger partial charge on any atom is 0.191 e. The second kappa shape index (κ2) is 8.39. The van der Waals surface area contributed by atoms with E-state index in [4.69, 9.17) is 0 Å². The molecule has 3 N–H and O–H groups in total. The number of hydrogen-bond acceptors (Lipinski definition) is 3. The van der Waals surface area contributed by atoms with E-state index in [1.165, 1.54) is 12.4 Å². The molecule has 6 nitrogen and oxygen atoms in total. The molecule has 1 heterocycles. The van der Waals surface area contributed by atoms with Crippen LogP contribution in [0.2, 0.25) is 0 Å². The van der Waals surface area contributed by atoms with E-state index in [2.05, 4.69) is 30.8 Å². The van der Waals surface area contributed by atoms with Gasteiger partial charge in [0.2, 0.25) is 0 Å². The molecule has 0 aliphatic heterocycles. The number of benzene rings is 2. The third-order valence-electron chi connectivity index (χ3n) is 4.10. The molecule has 140 valence electrons. The molecule has 3 rings (SSSR count). The molecule has 27 heavy (non-hydrogen) atoms. The number of nitrogens with zero attached hydrogens (tertiary/aromatic N) is 3. The highest BCUT2D eigenvalue weighted by atomic mass is 19.2. The molecule has 0 fully saturated rings. The molecule has 0 radical (unpaired) electrons. The molecule has 1 unspecified atom stereocenters. The lowest BCUT2D eigenvalue weighted by Crippen LogP contribution is -2.38. The summed E-state index contributed by atoms with van der Waals surface area (Å²) in [6.07, 6.45) is 1.46. The molecule has 0 aliphatic carbocycles. The van der Waals surface area contributed by atoms with Gasteiger partial charge in [0.05, 0.1) is 6.04 Å². The number of hydrogen-bond donors (Lipinski definition) is 3. The summed E-state index contributed by atoms with van der Waals surface area (Å²) in [6, 6.07) is 11.5. The SMILES string of the molecule is CN=C(NCc1cccc(-c2ncn[nH]2)c1)NC(C)c1ccc(F)c(F)c1. The van der Waals surface area contributed by atoms with Gasteiger partial charge >= 0.3 is 0 Å². The summed E-state index contributed by atoms with van der Waals surface area (Å²) in [5.41, 5.74) is 2.60. The molecule has 0 amide bonds. The highest BCUT2D eigenvalue weighted by Gasteiger charge is 2.11. The summed E-state index contributed by atoms with van der Waals surface area (Å²) >= 11 is 0. The average Bonchev–Trinajstić information content (AvgIpc) is 3.22. The van der Waals surface area contributed by atoms with Crippen molar-refractivity contribution in [3.8, 4) is 11.4 Å². The molecule has 0 saturated carbocycles. The Balaban J connectivity index is 1.62. The summed E-state index contributed by atoms with van der Waals surface area (Å²) in [5.74, 6) is -0.475. The van der Waals surface area contributed by atoms with E-state index < -0.39 is 11.6 Å². The fraction of sp³-hybridized carbons (Fsp3) is 0.211. The zero-order valence-electron chi connectivity index (χ0n) is 15.0. The molecule has 0 bridgehead atoms. The first-order chi connectivity index (χ1) is 13.1. The Kier molecular flexibility index (Phi) is 5.75. The smallest absolute Gasteiger partial charge is 0.191 e. The number of nitrogens with one attached hydrogen (secondary N) is 3. The van der Waals surface area contributed by atoms with Crippen molar-refractivity contribution < 1.29 is 8.78 Å². The van der Waals surface area contributed by atoms with Crippen molar-refractivity contribution in [3.05, 3.63) is 71.6 Å². The lowest BCUT2D eigenvalue weighted by Gasteiger charge is -2.18. The predicted octanol–water partition coefficient (Wildman–Crippen LogP) is 3.18. The van der Waals surface area contributed by atoms with E-state index in [1.807, 2.05) is 31.2 Å². The fourth-order valence-corrected chi connectivity index (χ4v) is 2.62. The molecule has 8 heteroatoms. The maximum atomic E-state index is 13.4. The van der Waals surface area contributed by atoms with E-state index in [9.17, 15) is 8.78 Å². The summed E-state index contributed by atoms with van der Waals surface area (Å²) in [7, 11) is 1.65. The number of halogens is 2. The molecule has 0 aliphatic rings. The minimum atomic E-state index is -0.867. The molecule has 1 atom stereocenters. The third-order valence-corrected chi connectivity index (χ3v) is 4.10. The zero-order chi connectivity index (χ0) is 19.2. The van der Waals surface area contributed by atoms with Gasteiger partial charge in [0.25, 0.3) is 0 Å². The molecule has 0 saturated heterocycles. The number of aromatic amines is 1. The minimum absolute atomic E-state index is 0.244. The number of H-pyrrole nitrogens is 1. The van der Waals surface area contributed by atoms with Crippen LogP contribution in [0.4, 0.5) is 8.78 Å². The predicted molar refractivity (Wildman–Crippen MR) is 99.9 cm³/mol. The quantitative estimate of drug-likeness (QED) is 0.476. The lowest BCUT2D eigenvalue weighted by molar-refractivity contribution is 0.504. The monoisotopic (exact) mass is 370 g/mol. The Morgan fingerprint density at radius 2 is 2.04 bits per heavy atom. The zero-order valence-corrected chi connectivity index (χ0v) is 15.0. The molecule has 3 aromatic rings. The molecule has 2 aromatic carbocycles. The van der Waals surface area contributed by atoms with E-state index in [-0.39, 0.29) is 6.04 Å². The Morgan fingerprint density at radius 1 is 1.19 bits per heavy atom. The standard InChI is InChI=1S/C19H20F2N6/c1-12(14-6-7-16(20)17(21)9-14)26-19(22-2)23-10-13-4-3-5-15(8-13)18-24-11-25-27-18/h3-9,11-12H,10H2,1-2H3,(H2,22,23,26)(H,24,25,27). The first-order valence-corrected chi connectivity index (χ1v) is 8.43. The van der Waals surface area contributed by atoms with Crippen LogP contribution in [0.5, 0.6) is 0 Å². The number of guanidine groups is 1. The first kappa shape index (κ1) is 18.5. The van der Waals surface area contributed by atoms with Crippen molar-refractivity contribution in [1.29, 1.82) is 0 Å². The van der Waals surface area contributed by atoms with Crippen LogP contribution >= 0.6 is 0 Å². The minimum Gasteiger partial charge on any atom is -0.352 e. The first-order valence-electron chi connectivity index (χ1n) is 8.43. The third kappa shape index (κ3) is 4.66. The van der Waals surface area contributed by atoms with E-state index in [0.717, 1.165) is 17.2 Å². The number of aliphatic imine (C=N–C) groups is 1. The van der Waals surface area contributed by atoms with Gasteiger partial charge in [0, 0.05) is 19.2 Å². The Hall–Kier alpha value is -3.29. The van der Waals surface area contributed by atoms with E-state index >= 15 is 0 Å². The largest absolute Gasteiger partial charge is 0.352 e. The molecule has 0 spiro atoms. The van der Waals surface area contributed by atoms with Gasteiger partial charge in [0.15, 0.2) is 23.4 Å². The Morgan fingerprint density at radius 3 is 2.74 bits per heavy atom. The van der Waals surface area contributed by atoms with Gasteiger partial charge in [-0.05, 0) is 36.2 Å². The highest BCUT2D eigenvalue weighted by molar-refractivity contribution is 5.80. The van der Waals surface area contributed by atoms with Crippen molar-refractivity contribution >= 4 is 5.96 Å². The van der Waals surface area contributed by atoms with E-state index in [1.54, 1.807) is 13.1 Å². The Bertz CT molecular complexity index is 924. The summed E-state index contributed by atoms with van der Waals surface area (Å²) in [6.45, 7) is 2.39. The second-order valence-corrected chi connectivity index (χ2v) is 6.00. The van der Waals surface area contributed by atoms with Gasteiger partial charge in [-0.3, -0.25) is 10.1 Å². The van der Waals surface area contributed by atoms with Gasteiger partial charge in [-0.2, -0.15) is 5.10 Å². The van der Waals surface area contributed by atoms with Crippen molar-refractivity contribution in [2.75, 3.05) is 7.05 Å². The number of rotatable bonds is 5. The normalized spacial score (nSPS) is 12.7. The van der Waals surface area contributed by atoms with Crippen molar-refractivity contribution in [1.82, 2.24) is 25.8 Å². The van der Waals surface area contributed by atoms with Gasteiger partial charge in [0.1, 0.15) is 6.33 Å². The van der Waals surface area contributed by atoms with E-state index in [0.29, 0.717) is 23.9 Å². The Labute approximate surface area is 155 Å². The maximum absolute atomic E-state index is 13.4. The second-order valence-electron chi connectivity index (χ2n) is 6.00. The highest BCUT2D eigenvalue weighted by Crippen LogP contribution is 2.17. The van der Waals surface area contributed by atoms with Gasteiger partial charge in [-0.25, -0.2) is 13.8 Å². The van der Waals surface area contributed by atoms with Crippen LogP contribution in [-0.2, 0) is 6.54 Å². The summed E-state index contributed by atoms with van der Waals surface area (Å²) in [4.78, 5) is 8.32. The van der Waals surface area contributed by atoms with Gasteiger partial charge in [-0.15, -0.1) is 0 Å². The summed E-state index contributed by atoms with van der Waals surface area (Å²) < 4.78 is 26.5. The van der Waals surface area contributed by atoms with Crippen molar-refractivity contribution in [2.24, 2.45) is 4.99 Å². The average molecular weight is 370 g/mol. The van der Waals surface area contributed by atoms with Gasteiger partial charge < -0.3 is 10.6 Å². The van der Waals surface area contributed by atoms with Crippen LogP contribution in [0.1, 0.15) is 24.1 Å². The number of aromatic nitrogens is 3. The molecule has 1 aromatic heterocycles. The van der Waals surface area contributed by atoms with Crippen molar-refractivity contribution in [2.45, 2.75) is 19.5 Å². The van der Waals surface area contributed by atoms with Crippen LogP contribution in [-0.4, -0.2) is 28.2 Å². The fourth-order valence-electron chi connectivity index (χ4n) is 2.62. The summed E-state index contributed by atoms with van der Waals surface area (Å²) in [5, 5.41) is 13.1.